The standard InChI is InChI=1S/C17H18N4O2S/c1-10-3-4-11(2)14(7-10)23-9-16(22)19-12-5-6-13-15(8-12)24-17(20-13)21-18/h3-8H,9,18H2,1-2H3,(H,19,22)(H,20,21). The molecule has 1 aromatic heterocycles. The summed E-state index contributed by atoms with van der Waals surface area (Å²) in [7, 11) is 0. The van der Waals surface area contributed by atoms with Crippen LogP contribution in [0.5, 0.6) is 5.75 Å². The maximum atomic E-state index is 12.1. The quantitative estimate of drug-likeness (QED) is 0.489. The number of nitrogens with zero attached hydrogens (tertiary/aromatic N) is 1. The molecule has 124 valence electrons. The Morgan fingerprint density at radius 2 is 2.08 bits per heavy atom. The molecular weight excluding hydrogens is 324 g/mol. The van der Waals surface area contributed by atoms with Gasteiger partial charge in [0, 0.05) is 5.69 Å². The van der Waals surface area contributed by atoms with Gasteiger partial charge < -0.3 is 10.1 Å². The van der Waals surface area contributed by atoms with E-state index in [1.54, 1.807) is 6.07 Å². The van der Waals surface area contributed by atoms with E-state index < -0.39 is 0 Å². The van der Waals surface area contributed by atoms with Crippen molar-refractivity contribution < 1.29 is 9.53 Å². The number of hydrogen-bond donors (Lipinski definition) is 3. The van der Waals surface area contributed by atoms with E-state index in [0.29, 0.717) is 10.8 Å². The largest absolute Gasteiger partial charge is 0.483 e. The predicted molar refractivity (Wildman–Crippen MR) is 97.5 cm³/mol. The molecule has 0 radical (unpaired) electrons. The minimum atomic E-state index is -0.211. The van der Waals surface area contributed by atoms with E-state index in [4.69, 9.17) is 10.6 Å². The number of nitrogens with one attached hydrogen (secondary N) is 2. The lowest BCUT2D eigenvalue weighted by Gasteiger charge is -2.10. The molecule has 3 aromatic rings. The maximum Gasteiger partial charge on any atom is 0.262 e. The van der Waals surface area contributed by atoms with E-state index in [1.807, 2.05) is 44.2 Å². The van der Waals surface area contributed by atoms with Crippen LogP contribution in [-0.4, -0.2) is 17.5 Å². The minimum Gasteiger partial charge on any atom is -0.483 e. The first-order valence-corrected chi connectivity index (χ1v) is 8.24. The zero-order chi connectivity index (χ0) is 17.1. The predicted octanol–water partition coefficient (Wildman–Crippen LogP) is 3.22. The van der Waals surface area contributed by atoms with Crippen molar-refractivity contribution in [1.29, 1.82) is 0 Å². The summed E-state index contributed by atoms with van der Waals surface area (Å²) >= 11 is 1.42. The lowest BCUT2D eigenvalue weighted by atomic mass is 10.1. The molecule has 6 nitrogen and oxygen atoms in total. The van der Waals surface area contributed by atoms with Crippen molar-refractivity contribution in [1.82, 2.24) is 4.98 Å². The second-order valence-corrected chi connectivity index (χ2v) is 6.48. The van der Waals surface area contributed by atoms with Gasteiger partial charge in [-0.2, -0.15) is 0 Å². The van der Waals surface area contributed by atoms with Crippen molar-refractivity contribution in [2.75, 3.05) is 17.3 Å². The summed E-state index contributed by atoms with van der Waals surface area (Å²) in [5.41, 5.74) is 6.15. The summed E-state index contributed by atoms with van der Waals surface area (Å²) in [5.74, 6) is 5.87. The topological polar surface area (TPSA) is 89.3 Å². The van der Waals surface area contributed by atoms with Crippen LogP contribution in [0.4, 0.5) is 10.8 Å². The first-order chi connectivity index (χ1) is 11.5. The van der Waals surface area contributed by atoms with Crippen LogP contribution in [0.2, 0.25) is 0 Å². The van der Waals surface area contributed by atoms with Crippen molar-refractivity contribution in [2.24, 2.45) is 5.84 Å². The number of nitrogen functional groups attached to an aromatic ring is 1. The van der Waals surface area contributed by atoms with Crippen LogP contribution in [0.25, 0.3) is 10.2 Å². The number of hydrazine groups is 1. The molecule has 1 heterocycles. The Balaban J connectivity index is 1.65. The molecule has 0 saturated carbocycles. The summed E-state index contributed by atoms with van der Waals surface area (Å²) in [5, 5.41) is 3.46. The van der Waals surface area contributed by atoms with Crippen molar-refractivity contribution in [2.45, 2.75) is 13.8 Å². The fourth-order valence-electron chi connectivity index (χ4n) is 2.27. The second kappa shape index (κ2) is 6.86. The molecule has 0 aliphatic carbocycles. The van der Waals surface area contributed by atoms with Crippen LogP contribution in [0, 0.1) is 13.8 Å². The van der Waals surface area contributed by atoms with Crippen LogP contribution in [0.3, 0.4) is 0 Å². The van der Waals surface area contributed by atoms with E-state index in [0.717, 1.165) is 27.1 Å². The number of ether oxygens (including phenoxy) is 1. The average molecular weight is 342 g/mol. The SMILES string of the molecule is Cc1ccc(C)c(OCC(=O)Nc2ccc3nc(NN)sc3c2)c1. The number of anilines is 2. The molecule has 0 spiro atoms. The molecule has 0 saturated heterocycles. The normalized spacial score (nSPS) is 10.6. The molecule has 0 aliphatic rings. The molecule has 0 atom stereocenters. The van der Waals surface area contributed by atoms with Gasteiger partial charge in [0.05, 0.1) is 10.2 Å². The summed E-state index contributed by atoms with van der Waals surface area (Å²) < 4.78 is 6.55. The van der Waals surface area contributed by atoms with Crippen LogP contribution in [-0.2, 0) is 4.79 Å². The monoisotopic (exact) mass is 342 g/mol. The zero-order valence-electron chi connectivity index (χ0n) is 13.4. The van der Waals surface area contributed by atoms with Gasteiger partial charge in [-0.1, -0.05) is 23.5 Å². The highest BCUT2D eigenvalue weighted by Gasteiger charge is 2.08. The molecule has 4 N–H and O–H groups in total. The second-order valence-electron chi connectivity index (χ2n) is 5.45. The van der Waals surface area contributed by atoms with E-state index in [2.05, 4.69) is 15.7 Å². The maximum absolute atomic E-state index is 12.1. The number of fused-ring (bicyclic) bond motifs is 1. The van der Waals surface area contributed by atoms with E-state index in [1.165, 1.54) is 11.3 Å². The molecule has 1 amide bonds. The van der Waals surface area contributed by atoms with Gasteiger partial charge in [-0.25, -0.2) is 10.8 Å². The highest BCUT2D eigenvalue weighted by molar-refractivity contribution is 7.22. The van der Waals surface area contributed by atoms with E-state index in [9.17, 15) is 4.79 Å². The summed E-state index contributed by atoms with van der Waals surface area (Å²) in [6.45, 7) is 3.90. The molecule has 24 heavy (non-hydrogen) atoms. The number of thiazole rings is 1. The Morgan fingerprint density at radius 3 is 2.88 bits per heavy atom. The van der Waals surface area contributed by atoms with Crippen LogP contribution >= 0.6 is 11.3 Å². The highest BCUT2D eigenvalue weighted by atomic mass is 32.1. The average Bonchev–Trinajstić information content (AvgIpc) is 2.98. The van der Waals surface area contributed by atoms with Crippen molar-refractivity contribution in [3.8, 4) is 5.75 Å². The van der Waals surface area contributed by atoms with Crippen molar-refractivity contribution in [3.63, 3.8) is 0 Å². The third kappa shape index (κ3) is 3.64. The molecule has 7 heteroatoms. The van der Waals surface area contributed by atoms with Gasteiger partial charge in [0.1, 0.15) is 5.75 Å². The first-order valence-electron chi connectivity index (χ1n) is 7.42. The fourth-order valence-corrected chi connectivity index (χ4v) is 3.08. The molecule has 0 fully saturated rings. The summed E-state index contributed by atoms with van der Waals surface area (Å²) in [6.07, 6.45) is 0. The van der Waals surface area contributed by atoms with E-state index in [-0.39, 0.29) is 12.5 Å². The molecule has 0 aliphatic heterocycles. The number of carbonyl (C=O) groups excluding carboxylic acids is 1. The Labute approximate surface area is 143 Å². The van der Waals surface area contributed by atoms with E-state index >= 15 is 0 Å². The fraction of sp³-hybridized carbons (Fsp3) is 0.176. The van der Waals surface area contributed by atoms with Gasteiger partial charge in [0.25, 0.3) is 5.91 Å². The Morgan fingerprint density at radius 1 is 1.25 bits per heavy atom. The molecule has 0 unspecified atom stereocenters. The van der Waals surface area contributed by atoms with Gasteiger partial charge in [0.2, 0.25) is 0 Å². The number of nitrogens with two attached hydrogens (primary N) is 1. The van der Waals surface area contributed by atoms with Crippen LogP contribution < -0.4 is 21.3 Å². The summed E-state index contributed by atoms with van der Waals surface area (Å²) in [4.78, 5) is 16.4. The molecule has 3 rings (SSSR count). The van der Waals surface area contributed by atoms with Crippen LogP contribution in [0.15, 0.2) is 36.4 Å². The number of rotatable bonds is 5. The highest BCUT2D eigenvalue weighted by Crippen LogP contribution is 2.27. The number of aryl methyl sites for hydroxylation is 2. The zero-order valence-corrected chi connectivity index (χ0v) is 14.2. The molecule has 2 aromatic carbocycles. The Kier molecular flexibility index (Phi) is 4.64. The Bertz CT molecular complexity index is 891. The minimum absolute atomic E-state index is 0.0410. The number of benzene rings is 2. The molecule has 0 bridgehead atoms. The molecular formula is C17H18N4O2S. The number of amides is 1. The Hall–Kier alpha value is -2.64. The third-order valence-electron chi connectivity index (χ3n) is 3.50. The lowest BCUT2D eigenvalue weighted by Crippen LogP contribution is -2.20. The van der Waals surface area contributed by atoms with Gasteiger partial charge in [-0.3, -0.25) is 10.2 Å². The smallest absolute Gasteiger partial charge is 0.262 e. The first kappa shape index (κ1) is 16.2. The van der Waals surface area contributed by atoms with Gasteiger partial charge >= 0.3 is 0 Å². The number of carbonyl (C=O) groups is 1. The third-order valence-corrected chi connectivity index (χ3v) is 4.45. The van der Waals surface area contributed by atoms with Crippen LogP contribution in [0.1, 0.15) is 11.1 Å². The van der Waals surface area contributed by atoms with Crippen molar-refractivity contribution >= 4 is 38.3 Å². The van der Waals surface area contributed by atoms with Gasteiger partial charge in [-0.05, 0) is 49.2 Å². The van der Waals surface area contributed by atoms with Gasteiger partial charge in [0.15, 0.2) is 11.7 Å². The summed E-state index contributed by atoms with van der Waals surface area (Å²) in [6, 6.07) is 11.4. The number of aromatic nitrogens is 1. The van der Waals surface area contributed by atoms with Gasteiger partial charge in [-0.15, -0.1) is 0 Å². The lowest BCUT2D eigenvalue weighted by molar-refractivity contribution is -0.118. The number of hydrogen-bond acceptors (Lipinski definition) is 6. The van der Waals surface area contributed by atoms with Crippen molar-refractivity contribution in [3.05, 3.63) is 47.5 Å².